The molecule has 5 N–H and O–H groups in total. The first kappa shape index (κ1) is 13.3. The predicted octanol–water partition coefficient (Wildman–Crippen LogP) is -0.766. The highest BCUT2D eigenvalue weighted by atomic mass is 16.5. The number of hydrogen-bond acceptors (Lipinski definition) is 5. The number of nitroso groups, excluding NO2 is 1. The molecule has 0 aliphatic carbocycles. The van der Waals surface area contributed by atoms with Crippen LogP contribution < -0.4 is 11.5 Å². The van der Waals surface area contributed by atoms with Crippen LogP contribution in [-0.4, -0.2) is 36.4 Å². The summed E-state index contributed by atoms with van der Waals surface area (Å²) >= 11 is 0. The fraction of sp³-hybridized carbons (Fsp3) is 0.714. The normalized spacial score (nSPS) is 13.9. The molecule has 0 spiro atoms. The molecule has 0 unspecified atom stereocenters. The van der Waals surface area contributed by atoms with Gasteiger partial charge in [0.15, 0.2) is 5.96 Å². The van der Waals surface area contributed by atoms with Crippen LogP contribution in [0.2, 0.25) is 0 Å². The topological polar surface area (TPSA) is 140 Å². The second-order valence-corrected chi connectivity index (χ2v) is 2.80. The van der Waals surface area contributed by atoms with Gasteiger partial charge in [-0.1, -0.05) is 0 Å². The lowest BCUT2D eigenvalue weighted by molar-refractivity contribution is -0.162. The molecule has 8 heteroatoms. The Morgan fingerprint density at radius 3 is 2.47 bits per heavy atom. The molecule has 0 saturated heterocycles. The summed E-state index contributed by atoms with van der Waals surface area (Å²) in [5.74, 6) is -1.52. The van der Waals surface area contributed by atoms with E-state index >= 15 is 0 Å². The number of guanidine groups is 1. The highest BCUT2D eigenvalue weighted by molar-refractivity contribution is 5.77. The van der Waals surface area contributed by atoms with Crippen LogP contribution >= 0.6 is 0 Å². The van der Waals surface area contributed by atoms with Crippen molar-refractivity contribution in [3.63, 3.8) is 0 Å². The van der Waals surface area contributed by atoms with Crippen LogP contribution in [0.3, 0.4) is 0 Å². The maximum Gasteiger partial charge on any atom is 0.362 e. The van der Waals surface area contributed by atoms with Gasteiger partial charge < -0.3 is 21.3 Å². The van der Waals surface area contributed by atoms with Crippen molar-refractivity contribution in [3.8, 4) is 0 Å². The third kappa shape index (κ3) is 3.90. The Hall–Kier alpha value is -1.70. The predicted molar refractivity (Wildman–Crippen MR) is 53.1 cm³/mol. The highest BCUT2D eigenvalue weighted by Crippen LogP contribution is 2.19. The van der Waals surface area contributed by atoms with E-state index in [4.69, 9.17) is 16.6 Å². The number of carboxylic acids is 1. The SMILES string of the molecule is CO[C@@](CCCN=C(N)N)(N=O)C(=O)O. The monoisotopic (exact) mass is 218 g/mol. The Morgan fingerprint density at radius 1 is 1.53 bits per heavy atom. The van der Waals surface area contributed by atoms with Gasteiger partial charge in [-0.15, -0.1) is 4.91 Å². The first-order chi connectivity index (χ1) is 6.98. The fourth-order valence-electron chi connectivity index (χ4n) is 0.945. The fourth-order valence-corrected chi connectivity index (χ4v) is 0.945. The molecule has 0 fully saturated rings. The van der Waals surface area contributed by atoms with Gasteiger partial charge in [0.05, 0.1) is 0 Å². The van der Waals surface area contributed by atoms with Gasteiger partial charge in [0, 0.05) is 20.1 Å². The second-order valence-electron chi connectivity index (χ2n) is 2.80. The van der Waals surface area contributed by atoms with Crippen LogP contribution in [0.15, 0.2) is 10.2 Å². The first-order valence-electron chi connectivity index (χ1n) is 4.17. The average Bonchev–Trinajstić information content (AvgIpc) is 2.18. The number of carbonyl (C=O) groups is 1. The second kappa shape index (κ2) is 5.91. The molecule has 0 aromatic carbocycles. The van der Waals surface area contributed by atoms with Crippen molar-refractivity contribution in [1.82, 2.24) is 0 Å². The van der Waals surface area contributed by atoms with Gasteiger partial charge in [0.2, 0.25) is 0 Å². The molecule has 0 amide bonds. The number of ether oxygens (including phenoxy) is 1. The van der Waals surface area contributed by atoms with Crippen molar-refractivity contribution >= 4 is 11.9 Å². The lowest BCUT2D eigenvalue weighted by Crippen LogP contribution is -2.38. The average molecular weight is 218 g/mol. The van der Waals surface area contributed by atoms with E-state index in [0.29, 0.717) is 0 Å². The van der Waals surface area contributed by atoms with Gasteiger partial charge >= 0.3 is 5.97 Å². The van der Waals surface area contributed by atoms with Crippen molar-refractivity contribution in [1.29, 1.82) is 0 Å². The third-order valence-corrected chi connectivity index (χ3v) is 1.79. The van der Waals surface area contributed by atoms with E-state index in [1.807, 2.05) is 0 Å². The van der Waals surface area contributed by atoms with E-state index in [-0.39, 0.29) is 25.3 Å². The molecule has 0 saturated carbocycles. The first-order valence-corrected chi connectivity index (χ1v) is 4.17. The number of nitrogens with two attached hydrogens (primary N) is 2. The lowest BCUT2D eigenvalue weighted by Gasteiger charge is -2.18. The summed E-state index contributed by atoms with van der Waals surface area (Å²) < 4.78 is 4.57. The summed E-state index contributed by atoms with van der Waals surface area (Å²) in [4.78, 5) is 24.7. The highest BCUT2D eigenvalue weighted by Gasteiger charge is 2.40. The molecular weight excluding hydrogens is 204 g/mol. The molecule has 0 aromatic rings. The van der Waals surface area contributed by atoms with Crippen molar-refractivity contribution in [2.24, 2.45) is 21.6 Å². The minimum atomic E-state index is -2.04. The minimum absolute atomic E-state index is 0.0842. The van der Waals surface area contributed by atoms with Crippen LogP contribution in [0.25, 0.3) is 0 Å². The number of carboxylic acid groups (broad SMARTS) is 1. The largest absolute Gasteiger partial charge is 0.478 e. The van der Waals surface area contributed by atoms with Crippen LogP contribution in [0.1, 0.15) is 12.8 Å². The maximum absolute atomic E-state index is 10.7. The molecule has 15 heavy (non-hydrogen) atoms. The molecule has 86 valence electrons. The summed E-state index contributed by atoms with van der Waals surface area (Å²) in [6.45, 7) is 0.218. The van der Waals surface area contributed by atoms with Gasteiger partial charge in [-0.3, -0.25) is 4.99 Å². The zero-order valence-corrected chi connectivity index (χ0v) is 8.34. The minimum Gasteiger partial charge on any atom is -0.478 e. The lowest BCUT2D eigenvalue weighted by atomic mass is 10.1. The number of nitrogens with zero attached hydrogens (tertiary/aromatic N) is 2. The van der Waals surface area contributed by atoms with Gasteiger partial charge in [0.25, 0.3) is 5.72 Å². The summed E-state index contributed by atoms with van der Waals surface area (Å²) in [7, 11) is 1.11. The summed E-state index contributed by atoms with van der Waals surface area (Å²) in [5.41, 5.74) is 8.08. The Balaban J connectivity index is 4.26. The van der Waals surface area contributed by atoms with E-state index in [9.17, 15) is 9.70 Å². The van der Waals surface area contributed by atoms with Crippen molar-refractivity contribution in [3.05, 3.63) is 4.91 Å². The molecule has 1 atom stereocenters. The van der Waals surface area contributed by atoms with E-state index in [1.165, 1.54) is 0 Å². The van der Waals surface area contributed by atoms with Gasteiger partial charge in [-0.05, 0) is 11.6 Å². The van der Waals surface area contributed by atoms with Crippen molar-refractivity contribution in [2.75, 3.05) is 13.7 Å². The molecule has 0 bridgehead atoms. The zero-order chi connectivity index (χ0) is 11.9. The van der Waals surface area contributed by atoms with Gasteiger partial charge in [-0.2, -0.15) is 0 Å². The van der Waals surface area contributed by atoms with Crippen molar-refractivity contribution < 1.29 is 14.6 Å². The maximum atomic E-state index is 10.7. The molecule has 0 rings (SSSR count). The number of rotatable bonds is 7. The van der Waals surface area contributed by atoms with Gasteiger partial charge in [-0.25, -0.2) is 4.79 Å². The Kier molecular flexibility index (Phi) is 5.24. The number of aliphatic carboxylic acids is 1. The van der Waals surface area contributed by atoms with Crippen LogP contribution in [0.4, 0.5) is 0 Å². The summed E-state index contributed by atoms with van der Waals surface area (Å²) in [6.07, 6.45) is 0.197. The van der Waals surface area contributed by atoms with Crippen LogP contribution in [0.5, 0.6) is 0 Å². The molecular formula is C7H14N4O4. The number of aliphatic imine (C=N–C) groups is 1. The van der Waals surface area contributed by atoms with E-state index in [2.05, 4.69) is 14.9 Å². The molecule has 0 heterocycles. The molecule has 8 nitrogen and oxygen atoms in total. The van der Waals surface area contributed by atoms with Gasteiger partial charge in [0.1, 0.15) is 0 Å². The molecule has 0 aliphatic rings. The Labute approximate surface area is 86.3 Å². The van der Waals surface area contributed by atoms with E-state index in [0.717, 1.165) is 7.11 Å². The smallest absolute Gasteiger partial charge is 0.362 e. The Bertz CT molecular complexity index is 264. The number of methoxy groups -OCH3 is 1. The van der Waals surface area contributed by atoms with Crippen LogP contribution in [-0.2, 0) is 9.53 Å². The Morgan fingerprint density at radius 2 is 2.13 bits per heavy atom. The zero-order valence-electron chi connectivity index (χ0n) is 8.34. The van der Waals surface area contributed by atoms with E-state index < -0.39 is 11.7 Å². The third-order valence-electron chi connectivity index (χ3n) is 1.79. The standard InChI is InChI=1S/C7H14N4O4/c1-15-7(11-14,5(12)13)3-2-4-10-6(8)9/h2-4H2,1H3,(H,12,13)(H4,8,9,10)/t7-/m1/s1. The van der Waals surface area contributed by atoms with Crippen LogP contribution in [0, 0.1) is 4.91 Å². The summed E-state index contributed by atoms with van der Waals surface area (Å²) in [5, 5.41) is 11.2. The number of hydrogen-bond donors (Lipinski definition) is 3. The molecule has 0 aliphatic heterocycles. The summed E-state index contributed by atoms with van der Waals surface area (Å²) in [6, 6.07) is 0. The van der Waals surface area contributed by atoms with E-state index in [1.54, 1.807) is 0 Å². The van der Waals surface area contributed by atoms with Crippen molar-refractivity contribution in [2.45, 2.75) is 18.6 Å². The quantitative estimate of drug-likeness (QED) is 0.222. The molecule has 0 radical (unpaired) electrons. The molecule has 0 aromatic heterocycles.